The van der Waals surface area contributed by atoms with Gasteiger partial charge in [0.05, 0.1) is 0 Å². The summed E-state index contributed by atoms with van der Waals surface area (Å²) in [6.45, 7) is 0. The van der Waals surface area contributed by atoms with E-state index in [9.17, 15) is 17.6 Å². The van der Waals surface area contributed by atoms with Crippen molar-refractivity contribution in [1.82, 2.24) is 4.98 Å². The molecule has 0 atom stereocenters. The summed E-state index contributed by atoms with van der Waals surface area (Å²) in [5, 5.41) is -1.15. The molecule has 14 heavy (non-hydrogen) atoms. The van der Waals surface area contributed by atoms with Crippen LogP contribution in [0.15, 0.2) is 0 Å². The SMILES string of the molecule is Fc1nc(F)c(Cl)c(F)c1F.[I][V][I]. The Bertz CT molecular complexity index is 301. The summed E-state index contributed by atoms with van der Waals surface area (Å²) >= 11 is 9.57. The second kappa shape index (κ2) is 7.47. The van der Waals surface area contributed by atoms with E-state index in [1.165, 1.54) is 0 Å². The maximum atomic E-state index is 12.2. The van der Waals surface area contributed by atoms with E-state index in [2.05, 4.69) is 44.9 Å². The zero-order valence-electron chi connectivity index (χ0n) is 6.04. The summed E-state index contributed by atoms with van der Waals surface area (Å²) in [6, 6.07) is 0. The zero-order chi connectivity index (χ0) is 11.3. The molecule has 1 aromatic rings. The van der Waals surface area contributed by atoms with Crippen molar-refractivity contribution in [2.75, 3.05) is 0 Å². The molecule has 9 heteroatoms. The molecule has 0 aliphatic rings. The molecule has 1 aromatic heterocycles. The number of pyridine rings is 1. The van der Waals surface area contributed by atoms with Gasteiger partial charge in [-0.3, -0.25) is 0 Å². The van der Waals surface area contributed by atoms with Crippen molar-refractivity contribution >= 4 is 51.6 Å². The molecule has 0 spiro atoms. The Labute approximate surface area is 111 Å². The van der Waals surface area contributed by atoms with E-state index in [0.717, 1.165) is 0 Å². The number of aromatic nitrogens is 1. The fourth-order valence-corrected chi connectivity index (χ4v) is 0.587. The van der Waals surface area contributed by atoms with Gasteiger partial charge in [0.1, 0.15) is 5.02 Å². The summed E-state index contributed by atoms with van der Waals surface area (Å²) in [7, 11) is 0.628. The van der Waals surface area contributed by atoms with Crippen LogP contribution in [0.1, 0.15) is 0 Å². The number of rotatable bonds is 0. The Morgan fingerprint density at radius 2 is 1.43 bits per heavy atom. The standard InChI is InChI=1S/C5ClF4N.2HI.V/c6-1-2(7)3(8)5(10)11-4(1)9;;;/h;2*1H;/q;;;+2/p-2. The Balaban J connectivity index is 0.000000500. The average molecular weight is 490 g/mol. The molecule has 0 amide bonds. The van der Waals surface area contributed by atoms with E-state index < -0.39 is 28.6 Å². The molecular formula is C5ClF4I2NV. The minimum atomic E-state index is -1.88. The molecule has 1 rings (SSSR count). The summed E-state index contributed by atoms with van der Waals surface area (Å²) in [6.07, 6.45) is 0. The average Bonchev–Trinajstić information content (AvgIpc) is 2.13. The van der Waals surface area contributed by atoms with Gasteiger partial charge in [0.2, 0.25) is 11.8 Å². The summed E-state index contributed by atoms with van der Waals surface area (Å²) in [5.41, 5.74) is 0. The van der Waals surface area contributed by atoms with Gasteiger partial charge in [0.25, 0.3) is 5.95 Å². The van der Waals surface area contributed by atoms with Crippen molar-refractivity contribution in [3.8, 4) is 0 Å². The molecule has 0 unspecified atom stereocenters. The van der Waals surface area contributed by atoms with E-state index in [0.29, 0.717) is 9.47 Å². The molecule has 0 aliphatic carbocycles. The third-order valence-electron chi connectivity index (χ3n) is 0.944. The van der Waals surface area contributed by atoms with E-state index in [-0.39, 0.29) is 0 Å². The van der Waals surface area contributed by atoms with Crippen molar-refractivity contribution in [2.24, 2.45) is 0 Å². The van der Waals surface area contributed by atoms with Gasteiger partial charge < -0.3 is 0 Å². The van der Waals surface area contributed by atoms with Gasteiger partial charge in [-0.25, -0.2) is 4.39 Å². The molecule has 1 heterocycles. The maximum absolute atomic E-state index is 12.2. The minimum absolute atomic E-state index is 0.628. The van der Waals surface area contributed by atoms with Crippen molar-refractivity contribution in [3.63, 3.8) is 0 Å². The van der Waals surface area contributed by atoms with Gasteiger partial charge in [0.15, 0.2) is 5.82 Å². The van der Waals surface area contributed by atoms with Crippen LogP contribution >= 0.6 is 51.6 Å². The van der Waals surface area contributed by atoms with Crippen LogP contribution in [0.25, 0.3) is 0 Å². The molecule has 0 fully saturated rings. The van der Waals surface area contributed by atoms with Gasteiger partial charge in [-0.1, -0.05) is 11.6 Å². The van der Waals surface area contributed by atoms with Crippen LogP contribution in [0.5, 0.6) is 0 Å². The molecule has 0 saturated heterocycles. The summed E-state index contributed by atoms with van der Waals surface area (Å²) in [5.74, 6) is -7.06. The fourth-order valence-electron chi connectivity index (χ4n) is 0.462. The molecule has 0 radical (unpaired) electrons. The van der Waals surface area contributed by atoms with E-state index in [1.54, 1.807) is 0 Å². The number of halogens is 7. The molecule has 0 aromatic carbocycles. The van der Waals surface area contributed by atoms with Crippen LogP contribution in [0, 0.1) is 23.5 Å². The Hall–Kier alpha value is 1.20. The normalized spacial score (nSPS) is 9.07. The fraction of sp³-hybridized carbons (Fsp3) is 0. The molecular weight excluding hydrogens is 490 g/mol. The summed E-state index contributed by atoms with van der Waals surface area (Å²) < 4.78 is 48.5. The monoisotopic (exact) mass is 490 g/mol. The topological polar surface area (TPSA) is 12.9 Å². The van der Waals surface area contributed by atoms with Crippen molar-refractivity contribution in [1.29, 1.82) is 0 Å². The van der Waals surface area contributed by atoms with Gasteiger partial charge in [-0.15, -0.1) is 0 Å². The van der Waals surface area contributed by atoms with E-state index in [4.69, 9.17) is 11.6 Å². The quantitative estimate of drug-likeness (QED) is 0.304. The predicted octanol–water partition coefficient (Wildman–Crippen LogP) is 4.06. The summed E-state index contributed by atoms with van der Waals surface area (Å²) in [4.78, 5) is 2.35. The first-order valence-corrected chi connectivity index (χ1v) is 12.1. The first-order chi connectivity index (χ1) is 6.45. The van der Waals surface area contributed by atoms with Gasteiger partial charge in [0, 0.05) is 0 Å². The molecule has 0 N–H and O–H groups in total. The molecule has 0 bridgehead atoms. The molecule has 0 aliphatic heterocycles. The molecule has 0 saturated carbocycles. The number of hydrogen-bond donors (Lipinski definition) is 0. The van der Waals surface area contributed by atoms with Gasteiger partial charge in [-0.05, 0) is 0 Å². The number of hydrogen-bond acceptors (Lipinski definition) is 1. The number of nitrogens with zero attached hydrogens (tertiary/aromatic N) is 1. The van der Waals surface area contributed by atoms with Crippen molar-refractivity contribution in [2.45, 2.75) is 0 Å². The Morgan fingerprint density at radius 3 is 1.86 bits per heavy atom. The van der Waals surface area contributed by atoms with Crippen LogP contribution in [0.4, 0.5) is 17.6 Å². The second-order valence-corrected chi connectivity index (χ2v) is 13.9. The first kappa shape index (κ1) is 15.2. The predicted molar refractivity (Wildman–Crippen MR) is 57.1 cm³/mol. The van der Waals surface area contributed by atoms with Crippen LogP contribution in [0.3, 0.4) is 0 Å². The van der Waals surface area contributed by atoms with Gasteiger partial charge >= 0.3 is 49.4 Å². The van der Waals surface area contributed by atoms with E-state index in [1.807, 2.05) is 0 Å². The third-order valence-corrected chi connectivity index (χ3v) is 1.27. The Kier molecular flexibility index (Phi) is 8.12. The van der Waals surface area contributed by atoms with Crippen molar-refractivity contribution < 1.29 is 27.0 Å². The first-order valence-electron chi connectivity index (χ1n) is 2.73. The second-order valence-electron chi connectivity index (χ2n) is 1.70. The van der Waals surface area contributed by atoms with Crippen LogP contribution in [-0.2, 0) is 9.47 Å². The molecule has 1 nitrogen and oxygen atoms in total. The van der Waals surface area contributed by atoms with E-state index >= 15 is 0 Å². The van der Waals surface area contributed by atoms with Gasteiger partial charge in [-0.2, -0.15) is 18.2 Å². The molecule has 79 valence electrons. The van der Waals surface area contributed by atoms with Crippen LogP contribution in [-0.4, -0.2) is 4.98 Å². The van der Waals surface area contributed by atoms with Crippen LogP contribution < -0.4 is 0 Å². The zero-order valence-corrected chi connectivity index (χ0v) is 12.5. The Morgan fingerprint density at radius 1 is 1.00 bits per heavy atom. The third kappa shape index (κ3) is 4.37. The van der Waals surface area contributed by atoms with Crippen LogP contribution in [0.2, 0.25) is 5.02 Å². The van der Waals surface area contributed by atoms with Crippen molar-refractivity contribution in [3.05, 3.63) is 28.6 Å².